The topological polar surface area (TPSA) is 101 Å². The van der Waals surface area contributed by atoms with Crippen LogP contribution < -0.4 is 5.32 Å². The summed E-state index contributed by atoms with van der Waals surface area (Å²) in [5.74, 6) is -0.498. The Morgan fingerprint density at radius 1 is 1.20 bits per heavy atom. The summed E-state index contributed by atoms with van der Waals surface area (Å²) < 4.78 is 10.3. The molecule has 3 amide bonds. The Balaban J connectivity index is 1.61. The highest BCUT2D eigenvalue weighted by atomic mass is 32.1. The van der Waals surface area contributed by atoms with Crippen molar-refractivity contribution in [2.24, 2.45) is 5.92 Å². The number of hydrogen-bond acceptors (Lipinski definition) is 7. The van der Waals surface area contributed by atoms with E-state index in [0.29, 0.717) is 56.4 Å². The molecule has 0 aliphatic carbocycles. The number of anilines is 1. The molecule has 10 heteroatoms. The monoisotopic (exact) mass is 502 g/mol. The number of aromatic nitrogens is 1. The predicted molar refractivity (Wildman–Crippen MR) is 134 cm³/mol. The molecule has 2 heterocycles. The molecule has 1 saturated heterocycles. The molecule has 1 fully saturated rings. The third kappa shape index (κ3) is 7.25. The number of para-hydroxylation sites is 1. The van der Waals surface area contributed by atoms with Crippen molar-refractivity contribution < 1.29 is 23.9 Å². The van der Waals surface area contributed by atoms with E-state index in [-0.39, 0.29) is 30.4 Å². The van der Waals surface area contributed by atoms with Gasteiger partial charge in [-0.3, -0.25) is 9.59 Å². The molecule has 190 valence electrons. The van der Waals surface area contributed by atoms with Crippen LogP contribution in [0.2, 0.25) is 0 Å². The number of thiazole rings is 1. The number of piperidine rings is 1. The summed E-state index contributed by atoms with van der Waals surface area (Å²) in [7, 11) is 1.59. The Kier molecular flexibility index (Phi) is 10.0. The molecule has 0 spiro atoms. The summed E-state index contributed by atoms with van der Waals surface area (Å²) in [4.78, 5) is 45.8. The van der Waals surface area contributed by atoms with Gasteiger partial charge in [-0.25, -0.2) is 9.78 Å². The molecule has 0 saturated carbocycles. The van der Waals surface area contributed by atoms with Gasteiger partial charge in [0.25, 0.3) is 5.91 Å². The number of nitrogens with one attached hydrogen (secondary N) is 1. The summed E-state index contributed by atoms with van der Waals surface area (Å²) in [6.45, 7) is 6.23. The summed E-state index contributed by atoms with van der Waals surface area (Å²) >= 11 is 1.35. The molecule has 0 unspecified atom stereocenters. The van der Waals surface area contributed by atoms with Crippen molar-refractivity contribution in [1.82, 2.24) is 14.8 Å². The standard InChI is InChI=1S/C25H34N4O5S/c1-4-18-8-6-7-9-20(18)27-25(32)29(14-15-33-3)16-22-26-21(17-35-22)23(30)28-12-10-19(11-13-28)24(31)34-5-2/h6-9,17,19H,4-5,10-16H2,1-3H3,(H,27,32). The summed E-state index contributed by atoms with van der Waals surface area (Å²) in [5, 5.41) is 5.39. The van der Waals surface area contributed by atoms with E-state index >= 15 is 0 Å². The first kappa shape index (κ1) is 26.6. The minimum Gasteiger partial charge on any atom is -0.466 e. The van der Waals surface area contributed by atoms with Gasteiger partial charge < -0.3 is 24.6 Å². The lowest BCUT2D eigenvalue weighted by atomic mass is 9.97. The van der Waals surface area contributed by atoms with Crippen molar-refractivity contribution in [2.45, 2.75) is 39.7 Å². The number of amides is 3. The molecule has 0 radical (unpaired) electrons. The molecule has 3 rings (SSSR count). The van der Waals surface area contributed by atoms with Gasteiger partial charge in [0.1, 0.15) is 10.7 Å². The maximum Gasteiger partial charge on any atom is 0.322 e. The Morgan fingerprint density at radius 3 is 2.63 bits per heavy atom. The SMILES string of the molecule is CCOC(=O)C1CCN(C(=O)c2csc(CN(CCOC)C(=O)Nc3ccccc3CC)n2)CC1. The number of methoxy groups -OCH3 is 1. The van der Waals surface area contributed by atoms with E-state index in [2.05, 4.69) is 10.3 Å². The average molecular weight is 503 g/mol. The van der Waals surface area contributed by atoms with Crippen LogP contribution in [0.25, 0.3) is 0 Å². The maximum absolute atomic E-state index is 13.0. The molecular formula is C25H34N4O5S. The van der Waals surface area contributed by atoms with E-state index in [4.69, 9.17) is 9.47 Å². The van der Waals surface area contributed by atoms with Crippen LogP contribution in [0.3, 0.4) is 0 Å². The number of hydrogen-bond donors (Lipinski definition) is 1. The van der Waals surface area contributed by atoms with Crippen LogP contribution in [0.1, 0.15) is 47.7 Å². The zero-order chi connectivity index (χ0) is 25.2. The Hall–Kier alpha value is -2.98. The van der Waals surface area contributed by atoms with Gasteiger partial charge in [-0.2, -0.15) is 0 Å². The zero-order valence-corrected chi connectivity index (χ0v) is 21.4. The van der Waals surface area contributed by atoms with Crippen LogP contribution in [0.4, 0.5) is 10.5 Å². The first-order valence-corrected chi connectivity index (χ1v) is 12.9. The van der Waals surface area contributed by atoms with Crippen molar-refractivity contribution in [1.29, 1.82) is 0 Å². The van der Waals surface area contributed by atoms with Crippen LogP contribution in [-0.2, 0) is 27.2 Å². The number of benzene rings is 1. The largest absolute Gasteiger partial charge is 0.466 e. The smallest absolute Gasteiger partial charge is 0.322 e. The van der Waals surface area contributed by atoms with Crippen molar-refractivity contribution >= 4 is 34.9 Å². The minimum atomic E-state index is -0.243. The fourth-order valence-corrected chi connectivity index (χ4v) is 4.77. The molecule has 9 nitrogen and oxygen atoms in total. The van der Waals surface area contributed by atoms with Crippen LogP contribution in [-0.4, -0.2) is 72.6 Å². The molecular weight excluding hydrogens is 468 g/mol. The predicted octanol–water partition coefficient (Wildman–Crippen LogP) is 3.80. The third-order valence-corrected chi connectivity index (χ3v) is 6.83. The van der Waals surface area contributed by atoms with Crippen molar-refractivity contribution in [3.63, 3.8) is 0 Å². The number of rotatable bonds is 10. The van der Waals surface area contributed by atoms with Crippen LogP contribution in [0.5, 0.6) is 0 Å². The number of esters is 1. The molecule has 1 aliphatic heterocycles. The average Bonchev–Trinajstić information content (AvgIpc) is 3.35. The number of urea groups is 1. The zero-order valence-electron chi connectivity index (χ0n) is 20.6. The van der Waals surface area contributed by atoms with Gasteiger partial charge in [-0.1, -0.05) is 25.1 Å². The molecule has 1 N–H and O–H groups in total. The highest BCUT2D eigenvalue weighted by Crippen LogP contribution is 2.22. The normalized spacial score (nSPS) is 14.0. The molecule has 2 aromatic rings. The van der Waals surface area contributed by atoms with E-state index in [1.807, 2.05) is 31.2 Å². The van der Waals surface area contributed by atoms with E-state index < -0.39 is 0 Å². The Morgan fingerprint density at radius 2 is 1.94 bits per heavy atom. The number of carbonyl (C=O) groups excluding carboxylic acids is 3. The minimum absolute atomic E-state index is 0.153. The van der Waals surface area contributed by atoms with E-state index in [9.17, 15) is 14.4 Å². The summed E-state index contributed by atoms with van der Waals surface area (Å²) in [5.41, 5.74) is 2.20. The van der Waals surface area contributed by atoms with Gasteiger partial charge in [0.05, 0.1) is 25.7 Å². The van der Waals surface area contributed by atoms with Gasteiger partial charge in [-0.05, 0) is 37.8 Å². The molecule has 0 bridgehead atoms. The Labute approximate surface area is 210 Å². The number of nitrogens with zero attached hydrogens (tertiary/aromatic N) is 3. The fraction of sp³-hybridized carbons (Fsp3) is 0.520. The summed E-state index contributed by atoms with van der Waals surface area (Å²) in [6, 6.07) is 7.47. The van der Waals surface area contributed by atoms with Crippen LogP contribution in [0, 0.1) is 5.92 Å². The highest BCUT2D eigenvalue weighted by Gasteiger charge is 2.29. The number of aryl methyl sites for hydroxylation is 1. The van der Waals surface area contributed by atoms with Gasteiger partial charge >= 0.3 is 12.0 Å². The molecule has 0 atom stereocenters. The van der Waals surface area contributed by atoms with E-state index in [0.717, 1.165) is 17.7 Å². The first-order valence-electron chi connectivity index (χ1n) is 12.0. The highest BCUT2D eigenvalue weighted by molar-refractivity contribution is 7.09. The Bertz CT molecular complexity index is 1000. The summed E-state index contributed by atoms with van der Waals surface area (Å²) in [6.07, 6.45) is 1.99. The van der Waals surface area contributed by atoms with Gasteiger partial charge in [-0.15, -0.1) is 11.3 Å². The van der Waals surface area contributed by atoms with Gasteiger partial charge in [0.2, 0.25) is 0 Å². The molecule has 1 aliphatic rings. The van der Waals surface area contributed by atoms with E-state index in [1.165, 1.54) is 11.3 Å². The second-order valence-corrected chi connectivity index (χ2v) is 9.24. The quantitative estimate of drug-likeness (QED) is 0.496. The third-order valence-electron chi connectivity index (χ3n) is 5.99. The van der Waals surface area contributed by atoms with Gasteiger partial charge in [0, 0.05) is 37.8 Å². The lowest BCUT2D eigenvalue weighted by Crippen LogP contribution is -2.40. The van der Waals surface area contributed by atoms with E-state index in [1.54, 1.807) is 29.2 Å². The lowest BCUT2D eigenvalue weighted by molar-refractivity contribution is -0.149. The second-order valence-electron chi connectivity index (χ2n) is 8.30. The number of likely N-dealkylation sites (tertiary alicyclic amines) is 1. The van der Waals surface area contributed by atoms with Crippen molar-refractivity contribution in [2.75, 3.05) is 45.3 Å². The lowest BCUT2D eigenvalue weighted by Gasteiger charge is -2.30. The fourth-order valence-electron chi connectivity index (χ4n) is 3.98. The number of ether oxygens (including phenoxy) is 2. The van der Waals surface area contributed by atoms with Crippen molar-refractivity contribution in [3.8, 4) is 0 Å². The van der Waals surface area contributed by atoms with Crippen LogP contribution >= 0.6 is 11.3 Å². The molecule has 35 heavy (non-hydrogen) atoms. The maximum atomic E-state index is 13.0. The number of carbonyl (C=O) groups is 3. The second kappa shape index (κ2) is 13.2. The first-order chi connectivity index (χ1) is 17.0. The van der Waals surface area contributed by atoms with Crippen molar-refractivity contribution in [3.05, 3.63) is 45.9 Å². The molecule has 1 aromatic heterocycles. The van der Waals surface area contributed by atoms with Crippen LogP contribution in [0.15, 0.2) is 29.6 Å². The van der Waals surface area contributed by atoms with Gasteiger partial charge in [0.15, 0.2) is 0 Å². The molecule has 1 aromatic carbocycles.